The minimum Gasteiger partial charge on any atom is -0.466 e. The van der Waals surface area contributed by atoms with Crippen LogP contribution in [0.2, 0.25) is 0 Å². The number of sulfonamides is 1. The highest BCUT2D eigenvalue weighted by Crippen LogP contribution is 2.23. The topological polar surface area (TPSA) is 102 Å². The molecule has 1 heterocycles. The average Bonchev–Trinajstić information content (AvgIpc) is 2.82. The van der Waals surface area contributed by atoms with E-state index in [-0.39, 0.29) is 17.1 Å². The van der Waals surface area contributed by atoms with Crippen molar-refractivity contribution in [2.24, 2.45) is 0 Å². The summed E-state index contributed by atoms with van der Waals surface area (Å²) in [6.45, 7) is 5.39. The number of nitro groups is 1. The Balaban J connectivity index is 2.33. The summed E-state index contributed by atoms with van der Waals surface area (Å²) in [6.07, 6.45) is 0.456. The van der Waals surface area contributed by atoms with Crippen LogP contribution in [0, 0.1) is 24.0 Å². The molecule has 7 nitrogen and oxygen atoms in total. The molecule has 1 aromatic heterocycles. The number of nitro benzene ring substituents is 1. The predicted molar refractivity (Wildman–Crippen MR) is 84.7 cm³/mol. The highest BCUT2D eigenvalue weighted by Gasteiger charge is 2.22. The maximum absolute atomic E-state index is 12.5. The SMILES string of the molecule is CCc1ccc([N+](=O)[O-])cc1S(=O)(=O)NCc1cc(C)oc1C. The number of furan rings is 1. The van der Waals surface area contributed by atoms with Crippen molar-refractivity contribution < 1.29 is 17.8 Å². The Hall–Kier alpha value is -2.19. The number of benzene rings is 1. The lowest BCUT2D eigenvalue weighted by atomic mass is 10.1. The van der Waals surface area contributed by atoms with Gasteiger partial charge in [0.25, 0.3) is 5.69 Å². The number of hydrogen-bond acceptors (Lipinski definition) is 5. The number of aryl methyl sites for hydroxylation is 3. The fraction of sp³-hybridized carbons (Fsp3) is 0.333. The zero-order chi connectivity index (χ0) is 17.2. The van der Waals surface area contributed by atoms with E-state index in [1.165, 1.54) is 12.1 Å². The first-order valence-corrected chi connectivity index (χ1v) is 8.55. The fourth-order valence-corrected chi connectivity index (χ4v) is 3.64. The lowest BCUT2D eigenvalue weighted by Crippen LogP contribution is -2.24. The van der Waals surface area contributed by atoms with E-state index in [0.29, 0.717) is 23.5 Å². The van der Waals surface area contributed by atoms with Crippen molar-refractivity contribution in [1.82, 2.24) is 4.72 Å². The van der Waals surface area contributed by atoms with Crippen LogP contribution in [0.15, 0.2) is 33.6 Å². The molecule has 0 aliphatic rings. The van der Waals surface area contributed by atoms with Crippen LogP contribution in [0.1, 0.15) is 29.6 Å². The third kappa shape index (κ3) is 3.77. The van der Waals surface area contributed by atoms with Gasteiger partial charge in [-0.1, -0.05) is 13.0 Å². The molecule has 0 radical (unpaired) electrons. The van der Waals surface area contributed by atoms with E-state index in [1.807, 2.05) is 0 Å². The lowest BCUT2D eigenvalue weighted by Gasteiger charge is -2.10. The van der Waals surface area contributed by atoms with Gasteiger partial charge in [-0.2, -0.15) is 0 Å². The van der Waals surface area contributed by atoms with Crippen molar-refractivity contribution in [3.63, 3.8) is 0 Å². The third-order valence-electron chi connectivity index (χ3n) is 3.53. The van der Waals surface area contributed by atoms with Crippen molar-refractivity contribution in [3.8, 4) is 0 Å². The number of nitrogens with one attached hydrogen (secondary N) is 1. The Morgan fingerprint density at radius 2 is 1.91 bits per heavy atom. The summed E-state index contributed by atoms with van der Waals surface area (Å²) in [5.74, 6) is 1.33. The smallest absolute Gasteiger partial charge is 0.270 e. The van der Waals surface area contributed by atoms with E-state index in [9.17, 15) is 18.5 Å². The summed E-state index contributed by atoms with van der Waals surface area (Å²) in [5.41, 5.74) is 1.01. The van der Waals surface area contributed by atoms with Gasteiger partial charge in [-0.15, -0.1) is 0 Å². The highest BCUT2D eigenvalue weighted by molar-refractivity contribution is 7.89. The fourth-order valence-electron chi connectivity index (χ4n) is 2.31. The molecule has 0 unspecified atom stereocenters. The van der Waals surface area contributed by atoms with Gasteiger partial charge in [0.1, 0.15) is 11.5 Å². The summed E-state index contributed by atoms with van der Waals surface area (Å²) in [6, 6.07) is 5.63. The van der Waals surface area contributed by atoms with E-state index >= 15 is 0 Å². The highest BCUT2D eigenvalue weighted by atomic mass is 32.2. The molecule has 0 spiro atoms. The zero-order valence-electron chi connectivity index (χ0n) is 13.1. The lowest BCUT2D eigenvalue weighted by molar-refractivity contribution is -0.385. The van der Waals surface area contributed by atoms with Gasteiger partial charge in [-0.3, -0.25) is 10.1 Å². The first-order chi connectivity index (χ1) is 10.7. The molecule has 0 saturated heterocycles. The molecule has 0 saturated carbocycles. The largest absolute Gasteiger partial charge is 0.466 e. The van der Waals surface area contributed by atoms with Crippen LogP contribution in [-0.4, -0.2) is 13.3 Å². The van der Waals surface area contributed by atoms with Crippen LogP contribution in [-0.2, 0) is 23.0 Å². The minimum atomic E-state index is -3.86. The Morgan fingerprint density at radius 1 is 1.22 bits per heavy atom. The van der Waals surface area contributed by atoms with E-state index in [4.69, 9.17) is 4.42 Å². The van der Waals surface area contributed by atoms with E-state index in [1.54, 1.807) is 26.8 Å². The Morgan fingerprint density at radius 3 is 2.43 bits per heavy atom. The van der Waals surface area contributed by atoms with Crippen LogP contribution in [0.5, 0.6) is 0 Å². The van der Waals surface area contributed by atoms with Crippen LogP contribution in [0.3, 0.4) is 0 Å². The first-order valence-electron chi connectivity index (χ1n) is 7.07. The molecule has 2 rings (SSSR count). The molecule has 0 aliphatic heterocycles. The second-order valence-electron chi connectivity index (χ2n) is 5.17. The van der Waals surface area contributed by atoms with Gasteiger partial charge >= 0.3 is 0 Å². The Labute approximate surface area is 134 Å². The molecule has 124 valence electrons. The molecule has 23 heavy (non-hydrogen) atoms. The van der Waals surface area contributed by atoms with Gasteiger partial charge < -0.3 is 4.42 Å². The van der Waals surface area contributed by atoms with E-state index < -0.39 is 14.9 Å². The summed E-state index contributed by atoms with van der Waals surface area (Å²) in [4.78, 5) is 10.2. The number of rotatable bonds is 6. The maximum Gasteiger partial charge on any atom is 0.270 e. The first kappa shape index (κ1) is 17.2. The van der Waals surface area contributed by atoms with Gasteiger partial charge in [0, 0.05) is 24.2 Å². The second kappa shape index (κ2) is 6.51. The molecule has 0 aliphatic carbocycles. The van der Waals surface area contributed by atoms with Crippen LogP contribution >= 0.6 is 0 Å². The molecular formula is C15H18N2O5S. The van der Waals surface area contributed by atoms with Gasteiger partial charge in [-0.25, -0.2) is 13.1 Å². The molecule has 0 amide bonds. The molecule has 8 heteroatoms. The van der Waals surface area contributed by atoms with Gasteiger partial charge in [-0.05, 0) is 31.9 Å². The summed E-state index contributed by atoms with van der Waals surface area (Å²) in [5, 5.41) is 10.9. The van der Waals surface area contributed by atoms with Gasteiger partial charge in [0.05, 0.1) is 9.82 Å². The van der Waals surface area contributed by atoms with Crippen molar-refractivity contribution in [2.45, 2.75) is 38.6 Å². The monoisotopic (exact) mass is 338 g/mol. The molecular weight excluding hydrogens is 320 g/mol. The number of hydrogen-bond donors (Lipinski definition) is 1. The maximum atomic E-state index is 12.5. The average molecular weight is 338 g/mol. The summed E-state index contributed by atoms with van der Waals surface area (Å²) in [7, 11) is -3.86. The second-order valence-corrected chi connectivity index (χ2v) is 6.90. The molecule has 2 aromatic rings. The standard InChI is InChI=1S/C15H18N2O5S/c1-4-12-5-6-14(17(18)19)8-15(12)23(20,21)16-9-13-7-10(2)22-11(13)3/h5-8,16H,4,9H2,1-3H3. The van der Waals surface area contributed by atoms with Crippen molar-refractivity contribution in [3.05, 3.63) is 57.0 Å². The summed E-state index contributed by atoms with van der Waals surface area (Å²) >= 11 is 0. The van der Waals surface area contributed by atoms with Gasteiger partial charge in [0.15, 0.2) is 0 Å². The normalized spacial score (nSPS) is 11.6. The number of nitrogens with zero attached hydrogens (tertiary/aromatic N) is 1. The number of non-ortho nitro benzene ring substituents is 1. The van der Waals surface area contributed by atoms with Crippen LogP contribution in [0.4, 0.5) is 5.69 Å². The van der Waals surface area contributed by atoms with Gasteiger partial charge in [0.2, 0.25) is 10.0 Å². The van der Waals surface area contributed by atoms with Crippen molar-refractivity contribution in [2.75, 3.05) is 0 Å². The van der Waals surface area contributed by atoms with Crippen molar-refractivity contribution >= 4 is 15.7 Å². The summed E-state index contributed by atoms with van der Waals surface area (Å²) < 4.78 is 32.9. The third-order valence-corrected chi connectivity index (χ3v) is 5.01. The minimum absolute atomic E-state index is 0.0629. The van der Waals surface area contributed by atoms with Crippen LogP contribution < -0.4 is 4.72 Å². The van der Waals surface area contributed by atoms with Crippen molar-refractivity contribution in [1.29, 1.82) is 0 Å². The predicted octanol–water partition coefficient (Wildman–Crippen LogP) is 2.85. The molecule has 1 N–H and O–H groups in total. The molecule has 1 aromatic carbocycles. The molecule has 0 fully saturated rings. The van der Waals surface area contributed by atoms with E-state index in [0.717, 1.165) is 11.6 Å². The molecule has 0 atom stereocenters. The zero-order valence-corrected chi connectivity index (χ0v) is 13.9. The Bertz CT molecular complexity index is 840. The van der Waals surface area contributed by atoms with Crippen LogP contribution in [0.25, 0.3) is 0 Å². The quantitative estimate of drug-likeness (QED) is 0.644. The van der Waals surface area contributed by atoms with E-state index in [2.05, 4.69) is 4.72 Å². The Kier molecular flexibility index (Phi) is 4.86. The molecule has 0 bridgehead atoms.